The van der Waals surface area contributed by atoms with Gasteiger partial charge in [0.1, 0.15) is 5.75 Å². The maximum absolute atomic E-state index is 5.68. The van der Waals surface area contributed by atoms with Gasteiger partial charge in [-0.2, -0.15) is 0 Å². The maximum Gasteiger partial charge on any atom is 0.138 e. The van der Waals surface area contributed by atoms with Gasteiger partial charge in [0, 0.05) is 13.2 Å². The lowest BCUT2D eigenvalue weighted by molar-refractivity contribution is 0.241. The highest BCUT2D eigenvalue weighted by atomic mass is 16.5. The van der Waals surface area contributed by atoms with Gasteiger partial charge in [-0.1, -0.05) is 0 Å². The molecule has 0 bridgehead atoms. The van der Waals surface area contributed by atoms with Crippen LogP contribution < -0.4 is 10.1 Å². The van der Waals surface area contributed by atoms with E-state index in [9.17, 15) is 0 Å². The van der Waals surface area contributed by atoms with Crippen LogP contribution in [0.5, 0.6) is 5.75 Å². The summed E-state index contributed by atoms with van der Waals surface area (Å²) < 4.78 is 7.68. The zero-order valence-electron chi connectivity index (χ0n) is 11.8. The second-order valence-electron chi connectivity index (χ2n) is 4.77. The molecule has 1 unspecified atom stereocenters. The average molecular weight is 260 g/mol. The number of nitrogens with one attached hydrogen (secondary N) is 1. The van der Waals surface area contributed by atoms with E-state index in [2.05, 4.69) is 15.3 Å². The van der Waals surface area contributed by atoms with Gasteiger partial charge in [0.05, 0.1) is 36.6 Å². The first-order valence-corrected chi connectivity index (χ1v) is 6.37. The Bertz CT molecular complexity index is 536. The minimum atomic E-state index is 0.0516. The van der Waals surface area contributed by atoms with Crippen molar-refractivity contribution in [3.8, 4) is 5.75 Å². The fourth-order valence-electron chi connectivity index (χ4n) is 2.06. The number of rotatable bonds is 5. The van der Waals surface area contributed by atoms with Crippen LogP contribution in [0.15, 0.2) is 31.0 Å². The summed E-state index contributed by atoms with van der Waals surface area (Å²) >= 11 is 0. The van der Waals surface area contributed by atoms with Gasteiger partial charge in [0.15, 0.2) is 0 Å². The fourth-order valence-corrected chi connectivity index (χ4v) is 2.06. The molecule has 0 fully saturated rings. The molecule has 1 N–H and O–H groups in total. The summed E-state index contributed by atoms with van der Waals surface area (Å²) in [5.41, 5.74) is 2.15. The SMILES string of the molecule is CNC(c1cncc(OC(C)C)c1)c1cncn1C. The van der Waals surface area contributed by atoms with Gasteiger partial charge in [-0.25, -0.2) is 4.98 Å². The summed E-state index contributed by atoms with van der Waals surface area (Å²) in [5, 5.41) is 3.29. The minimum Gasteiger partial charge on any atom is -0.489 e. The van der Waals surface area contributed by atoms with Crippen molar-refractivity contribution < 1.29 is 4.74 Å². The highest BCUT2D eigenvalue weighted by Gasteiger charge is 2.16. The van der Waals surface area contributed by atoms with E-state index in [0.29, 0.717) is 0 Å². The Morgan fingerprint density at radius 2 is 2.00 bits per heavy atom. The maximum atomic E-state index is 5.68. The number of imidazole rings is 1. The average Bonchev–Trinajstić information content (AvgIpc) is 2.77. The molecule has 0 spiro atoms. The van der Waals surface area contributed by atoms with Crippen molar-refractivity contribution in [3.05, 3.63) is 42.2 Å². The Balaban J connectivity index is 2.31. The Labute approximate surface area is 113 Å². The molecule has 0 aliphatic rings. The van der Waals surface area contributed by atoms with Crippen LogP contribution in [0.3, 0.4) is 0 Å². The van der Waals surface area contributed by atoms with E-state index in [-0.39, 0.29) is 12.1 Å². The second kappa shape index (κ2) is 5.84. The lowest BCUT2D eigenvalue weighted by atomic mass is 10.1. The van der Waals surface area contributed by atoms with Crippen molar-refractivity contribution >= 4 is 0 Å². The third-order valence-electron chi connectivity index (χ3n) is 2.88. The molecule has 0 radical (unpaired) electrons. The summed E-state index contributed by atoms with van der Waals surface area (Å²) in [6.07, 6.45) is 7.38. The summed E-state index contributed by atoms with van der Waals surface area (Å²) in [7, 11) is 3.90. The molecule has 1 atom stereocenters. The van der Waals surface area contributed by atoms with Crippen LogP contribution in [0.1, 0.15) is 31.1 Å². The molecule has 2 aromatic heterocycles. The first-order valence-electron chi connectivity index (χ1n) is 6.37. The van der Waals surface area contributed by atoms with Gasteiger partial charge >= 0.3 is 0 Å². The van der Waals surface area contributed by atoms with Gasteiger partial charge in [-0.15, -0.1) is 0 Å². The molecule has 5 nitrogen and oxygen atoms in total. The van der Waals surface area contributed by atoms with Crippen LogP contribution in [0.4, 0.5) is 0 Å². The monoisotopic (exact) mass is 260 g/mol. The zero-order valence-corrected chi connectivity index (χ0v) is 11.8. The van der Waals surface area contributed by atoms with Crippen molar-refractivity contribution in [2.24, 2.45) is 7.05 Å². The zero-order chi connectivity index (χ0) is 13.8. The standard InChI is InChI=1S/C14H20N4O/c1-10(2)19-12-5-11(6-16-7-12)14(15-3)13-8-17-9-18(13)4/h5-10,14-15H,1-4H3. The fraction of sp³-hybridized carbons (Fsp3) is 0.429. The van der Waals surface area contributed by atoms with E-state index in [1.165, 1.54) is 0 Å². The molecular formula is C14H20N4O. The molecule has 102 valence electrons. The lowest BCUT2D eigenvalue weighted by Gasteiger charge is -2.18. The van der Waals surface area contributed by atoms with Crippen molar-refractivity contribution in [1.29, 1.82) is 0 Å². The third kappa shape index (κ3) is 3.12. The van der Waals surface area contributed by atoms with E-state index in [4.69, 9.17) is 4.74 Å². The Hall–Kier alpha value is -1.88. The highest BCUT2D eigenvalue weighted by molar-refractivity contribution is 5.31. The number of aromatic nitrogens is 3. The normalized spacial score (nSPS) is 12.7. The van der Waals surface area contributed by atoms with E-state index in [0.717, 1.165) is 17.0 Å². The van der Waals surface area contributed by atoms with Gasteiger partial charge in [0.25, 0.3) is 0 Å². The summed E-state index contributed by atoms with van der Waals surface area (Å²) in [4.78, 5) is 8.41. The molecule has 2 aromatic rings. The molecule has 2 rings (SSSR count). The van der Waals surface area contributed by atoms with Crippen LogP contribution in [-0.4, -0.2) is 27.7 Å². The summed E-state index contributed by atoms with van der Waals surface area (Å²) in [5.74, 6) is 0.787. The predicted molar refractivity (Wildman–Crippen MR) is 74.1 cm³/mol. The number of nitrogens with zero attached hydrogens (tertiary/aromatic N) is 3. The van der Waals surface area contributed by atoms with E-state index < -0.39 is 0 Å². The first-order chi connectivity index (χ1) is 9.11. The topological polar surface area (TPSA) is 52.0 Å². The van der Waals surface area contributed by atoms with Gasteiger partial charge < -0.3 is 14.6 Å². The first kappa shape index (κ1) is 13.5. The van der Waals surface area contributed by atoms with E-state index >= 15 is 0 Å². The number of aryl methyl sites for hydroxylation is 1. The molecule has 0 saturated carbocycles. The molecule has 0 aliphatic heterocycles. The molecule has 0 saturated heterocycles. The molecule has 0 amide bonds. The van der Waals surface area contributed by atoms with E-state index in [1.54, 1.807) is 12.5 Å². The summed E-state index contributed by atoms with van der Waals surface area (Å²) in [6, 6.07) is 2.07. The third-order valence-corrected chi connectivity index (χ3v) is 2.88. The van der Waals surface area contributed by atoms with Crippen molar-refractivity contribution in [2.45, 2.75) is 26.0 Å². The number of ether oxygens (including phenoxy) is 1. The number of pyridine rings is 1. The molecule has 19 heavy (non-hydrogen) atoms. The van der Waals surface area contributed by atoms with Gasteiger partial charge in [0.2, 0.25) is 0 Å². The van der Waals surface area contributed by atoms with Crippen molar-refractivity contribution in [1.82, 2.24) is 19.9 Å². The Kier molecular flexibility index (Phi) is 4.16. The van der Waals surface area contributed by atoms with Crippen LogP contribution >= 0.6 is 0 Å². The van der Waals surface area contributed by atoms with Crippen LogP contribution in [0, 0.1) is 0 Å². The molecule has 0 aromatic carbocycles. The quantitative estimate of drug-likeness (QED) is 0.892. The largest absolute Gasteiger partial charge is 0.489 e. The Morgan fingerprint density at radius 1 is 1.21 bits per heavy atom. The second-order valence-corrected chi connectivity index (χ2v) is 4.77. The number of hydrogen-bond donors (Lipinski definition) is 1. The van der Waals surface area contributed by atoms with Crippen LogP contribution in [0.25, 0.3) is 0 Å². The highest BCUT2D eigenvalue weighted by Crippen LogP contribution is 2.23. The lowest BCUT2D eigenvalue weighted by Crippen LogP contribution is -2.20. The van der Waals surface area contributed by atoms with Crippen LogP contribution in [-0.2, 0) is 7.05 Å². The predicted octanol–water partition coefficient (Wildman–Crippen LogP) is 1.91. The summed E-state index contributed by atoms with van der Waals surface area (Å²) in [6.45, 7) is 4.01. The molecule has 5 heteroatoms. The van der Waals surface area contributed by atoms with Crippen molar-refractivity contribution in [2.75, 3.05) is 7.05 Å². The Morgan fingerprint density at radius 3 is 2.58 bits per heavy atom. The number of hydrogen-bond acceptors (Lipinski definition) is 4. The smallest absolute Gasteiger partial charge is 0.138 e. The van der Waals surface area contributed by atoms with Gasteiger partial charge in [-0.3, -0.25) is 4.98 Å². The molecule has 2 heterocycles. The molecule has 0 aliphatic carbocycles. The van der Waals surface area contributed by atoms with E-state index in [1.807, 2.05) is 51.0 Å². The molecular weight excluding hydrogens is 240 g/mol. The van der Waals surface area contributed by atoms with Gasteiger partial charge in [-0.05, 0) is 32.5 Å². The van der Waals surface area contributed by atoms with Crippen molar-refractivity contribution in [3.63, 3.8) is 0 Å². The van der Waals surface area contributed by atoms with Crippen LogP contribution in [0.2, 0.25) is 0 Å². The minimum absolute atomic E-state index is 0.0516.